The minimum Gasteiger partial charge on any atom is -0.431 e. The van der Waals surface area contributed by atoms with E-state index in [9.17, 15) is 22.0 Å². The predicted molar refractivity (Wildman–Crippen MR) is 81.4 cm³/mol. The lowest BCUT2D eigenvalue weighted by Crippen LogP contribution is -2.11. The number of pyridine rings is 1. The maximum Gasteiger partial charge on any atom is 0.389 e. The summed E-state index contributed by atoms with van der Waals surface area (Å²) in [4.78, 5) is 8.11. The molecule has 0 saturated heterocycles. The number of nitrogens with zero attached hydrogens (tertiary/aromatic N) is 3. The van der Waals surface area contributed by atoms with Gasteiger partial charge in [-0.3, -0.25) is 4.57 Å². The van der Waals surface area contributed by atoms with Crippen molar-refractivity contribution in [1.82, 2.24) is 14.5 Å². The summed E-state index contributed by atoms with van der Waals surface area (Å²) in [6, 6.07) is 1.25. The van der Waals surface area contributed by atoms with Gasteiger partial charge in [-0.25, -0.2) is 9.97 Å². The third-order valence-electron chi connectivity index (χ3n) is 3.35. The number of ether oxygens (including phenoxy) is 1. The highest BCUT2D eigenvalue weighted by atomic mass is 35.5. The van der Waals surface area contributed by atoms with Crippen LogP contribution in [0.15, 0.2) is 18.5 Å². The molecular weight excluding hydrogens is 369 g/mol. The van der Waals surface area contributed by atoms with Crippen molar-refractivity contribution in [3.8, 4) is 11.6 Å². The third-order valence-corrected chi connectivity index (χ3v) is 3.62. The monoisotopic (exact) mass is 383 g/mol. The molecule has 0 saturated carbocycles. The normalized spacial score (nSPS) is 12.0. The van der Waals surface area contributed by atoms with E-state index in [2.05, 4.69) is 14.7 Å². The molecule has 0 aliphatic carbocycles. The Hall–Kier alpha value is -1.90. The zero-order chi connectivity index (χ0) is 18.6. The Morgan fingerprint density at radius 1 is 1.24 bits per heavy atom. The van der Waals surface area contributed by atoms with E-state index in [0.717, 1.165) is 0 Å². The zero-order valence-corrected chi connectivity index (χ0v) is 13.9. The zero-order valence-electron chi connectivity index (χ0n) is 13.2. The van der Waals surface area contributed by atoms with Gasteiger partial charge in [-0.1, -0.05) is 18.5 Å². The summed E-state index contributed by atoms with van der Waals surface area (Å²) in [7, 11) is 0. The van der Waals surface area contributed by atoms with Crippen LogP contribution in [0.1, 0.15) is 31.2 Å². The van der Waals surface area contributed by atoms with Crippen LogP contribution in [0.5, 0.6) is 5.75 Å². The van der Waals surface area contributed by atoms with Crippen molar-refractivity contribution in [2.75, 3.05) is 0 Å². The van der Waals surface area contributed by atoms with Gasteiger partial charge in [-0.05, 0) is 24.5 Å². The van der Waals surface area contributed by atoms with E-state index in [1.54, 1.807) is 6.92 Å². The lowest BCUT2D eigenvalue weighted by atomic mass is 10.1. The summed E-state index contributed by atoms with van der Waals surface area (Å²) in [5.74, 6) is 0.231. The van der Waals surface area contributed by atoms with Gasteiger partial charge in [-0.15, -0.1) is 0 Å². The molecule has 2 rings (SSSR count). The van der Waals surface area contributed by atoms with Crippen molar-refractivity contribution < 1.29 is 26.7 Å². The Balaban J connectivity index is 2.32. The van der Waals surface area contributed by atoms with Gasteiger partial charge in [0.05, 0.1) is 6.20 Å². The molecule has 2 heterocycles. The van der Waals surface area contributed by atoms with Crippen LogP contribution in [0.25, 0.3) is 5.82 Å². The molecule has 0 aliphatic heterocycles. The first-order valence-electron chi connectivity index (χ1n) is 7.44. The van der Waals surface area contributed by atoms with Crippen molar-refractivity contribution in [2.45, 2.75) is 45.4 Å². The van der Waals surface area contributed by atoms with E-state index in [-0.39, 0.29) is 29.6 Å². The topological polar surface area (TPSA) is 39.9 Å². The van der Waals surface area contributed by atoms with Gasteiger partial charge >= 0.3 is 12.8 Å². The molecule has 2 aromatic rings. The van der Waals surface area contributed by atoms with Crippen molar-refractivity contribution >= 4 is 11.6 Å². The summed E-state index contributed by atoms with van der Waals surface area (Å²) in [5, 5.41) is 0.160. The first-order chi connectivity index (χ1) is 11.7. The highest BCUT2D eigenvalue weighted by molar-refractivity contribution is 6.29. The molecule has 0 amide bonds. The van der Waals surface area contributed by atoms with Crippen molar-refractivity contribution in [2.24, 2.45) is 0 Å². The second-order valence-corrected chi connectivity index (χ2v) is 5.59. The van der Waals surface area contributed by atoms with E-state index in [1.807, 2.05) is 0 Å². The Bertz CT molecular complexity index is 718. The molecule has 4 nitrogen and oxygen atoms in total. The minimum absolute atomic E-state index is 0.0132. The summed E-state index contributed by atoms with van der Waals surface area (Å²) in [6.07, 6.45) is -2.24. The van der Waals surface area contributed by atoms with Crippen LogP contribution >= 0.6 is 11.6 Å². The van der Waals surface area contributed by atoms with Gasteiger partial charge in [0.25, 0.3) is 0 Å². The SMILES string of the molecule is CCc1ncc(Cl)n1-c1ncc(CCCC(F)(F)F)cc1OC(F)F. The van der Waals surface area contributed by atoms with Crippen molar-refractivity contribution in [1.29, 1.82) is 0 Å². The van der Waals surface area contributed by atoms with Gasteiger partial charge in [0.1, 0.15) is 11.0 Å². The number of imidazole rings is 1. The summed E-state index contributed by atoms with van der Waals surface area (Å²) < 4.78 is 67.9. The second kappa shape index (κ2) is 7.99. The molecule has 0 aliphatic rings. The highest BCUT2D eigenvalue weighted by Gasteiger charge is 2.26. The number of aryl methyl sites for hydroxylation is 2. The van der Waals surface area contributed by atoms with Crippen LogP contribution in [0.3, 0.4) is 0 Å². The third kappa shape index (κ3) is 5.29. The van der Waals surface area contributed by atoms with Crippen molar-refractivity contribution in [3.63, 3.8) is 0 Å². The fourth-order valence-corrected chi connectivity index (χ4v) is 2.52. The Kier molecular flexibility index (Phi) is 6.21. The van der Waals surface area contributed by atoms with Gasteiger partial charge in [0.15, 0.2) is 11.6 Å². The van der Waals surface area contributed by atoms with Gasteiger partial charge < -0.3 is 4.74 Å². The molecule has 0 bridgehead atoms. The summed E-state index contributed by atoms with van der Waals surface area (Å²) >= 11 is 6.03. The molecule has 0 atom stereocenters. The van der Waals surface area contributed by atoms with Crippen LogP contribution in [0.2, 0.25) is 5.15 Å². The van der Waals surface area contributed by atoms with E-state index < -0.39 is 19.2 Å². The molecule has 138 valence electrons. The molecule has 0 radical (unpaired) electrons. The first-order valence-corrected chi connectivity index (χ1v) is 7.82. The number of alkyl halides is 5. The van der Waals surface area contributed by atoms with E-state index in [0.29, 0.717) is 17.8 Å². The quantitative estimate of drug-likeness (QED) is 0.634. The molecule has 0 spiro atoms. The average molecular weight is 384 g/mol. The molecule has 0 N–H and O–H groups in total. The maximum atomic E-state index is 12.7. The molecule has 0 aromatic carbocycles. The molecular formula is C15H15ClF5N3O. The maximum absolute atomic E-state index is 12.7. The summed E-state index contributed by atoms with van der Waals surface area (Å²) in [6.45, 7) is -1.31. The Morgan fingerprint density at radius 2 is 1.96 bits per heavy atom. The number of hydrogen-bond donors (Lipinski definition) is 0. The first kappa shape index (κ1) is 19.4. The molecule has 25 heavy (non-hydrogen) atoms. The number of aromatic nitrogens is 3. The van der Waals surface area contributed by atoms with E-state index in [4.69, 9.17) is 11.6 Å². The average Bonchev–Trinajstić information content (AvgIpc) is 2.86. The van der Waals surface area contributed by atoms with Crippen LogP contribution in [0, 0.1) is 0 Å². The summed E-state index contributed by atoms with van der Waals surface area (Å²) in [5.41, 5.74) is 0.359. The molecule has 2 aromatic heterocycles. The smallest absolute Gasteiger partial charge is 0.389 e. The largest absolute Gasteiger partial charge is 0.431 e. The second-order valence-electron chi connectivity index (χ2n) is 5.20. The van der Waals surface area contributed by atoms with E-state index in [1.165, 1.54) is 23.0 Å². The number of hydrogen-bond acceptors (Lipinski definition) is 3. The highest BCUT2D eigenvalue weighted by Crippen LogP contribution is 2.29. The lowest BCUT2D eigenvalue weighted by molar-refractivity contribution is -0.135. The fraction of sp³-hybridized carbons (Fsp3) is 0.467. The fourth-order valence-electron chi connectivity index (χ4n) is 2.30. The number of rotatable bonds is 7. The van der Waals surface area contributed by atoms with Crippen LogP contribution < -0.4 is 4.74 Å². The molecule has 0 unspecified atom stereocenters. The van der Waals surface area contributed by atoms with Gasteiger partial charge in [0.2, 0.25) is 0 Å². The lowest BCUT2D eigenvalue weighted by Gasteiger charge is -2.14. The van der Waals surface area contributed by atoms with Gasteiger partial charge in [0, 0.05) is 19.0 Å². The predicted octanol–water partition coefficient (Wildman–Crippen LogP) is 4.97. The Morgan fingerprint density at radius 3 is 2.56 bits per heavy atom. The van der Waals surface area contributed by atoms with Crippen LogP contribution in [0.4, 0.5) is 22.0 Å². The van der Waals surface area contributed by atoms with Crippen molar-refractivity contribution in [3.05, 3.63) is 35.0 Å². The number of halogens is 6. The van der Waals surface area contributed by atoms with Gasteiger partial charge in [-0.2, -0.15) is 22.0 Å². The molecule has 10 heteroatoms. The minimum atomic E-state index is -4.27. The van der Waals surface area contributed by atoms with E-state index >= 15 is 0 Å². The van der Waals surface area contributed by atoms with Crippen LogP contribution in [-0.2, 0) is 12.8 Å². The Labute approximate surface area is 145 Å². The van der Waals surface area contributed by atoms with Crippen LogP contribution in [-0.4, -0.2) is 27.3 Å². The molecule has 0 fully saturated rings. The standard InChI is InChI=1S/C15H15ClF5N3O/c1-2-12-22-8-11(16)24(12)13-10(25-14(17)18)6-9(7-23-13)4-3-5-15(19,20)21/h6-8,14H,2-5H2,1H3.